The second-order valence-corrected chi connectivity index (χ2v) is 6.55. The molecule has 6 nitrogen and oxygen atoms in total. The van der Waals surface area contributed by atoms with Gasteiger partial charge in [-0.25, -0.2) is 4.79 Å². The summed E-state index contributed by atoms with van der Waals surface area (Å²) in [5, 5.41) is 0. The Kier molecular flexibility index (Phi) is 8.58. The van der Waals surface area contributed by atoms with E-state index in [2.05, 4.69) is 11.8 Å². The van der Waals surface area contributed by atoms with Crippen LogP contribution in [0.2, 0.25) is 0 Å². The Labute approximate surface area is 156 Å². The van der Waals surface area contributed by atoms with Crippen molar-refractivity contribution in [1.82, 2.24) is 9.80 Å². The van der Waals surface area contributed by atoms with Crippen molar-refractivity contribution in [3.63, 3.8) is 0 Å². The number of nitrogens with zero attached hydrogens (tertiary/aromatic N) is 2. The molecule has 144 valence electrons. The maximum Gasteiger partial charge on any atom is 0.337 e. The Balaban J connectivity index is 1.89. The number of hydrogen-bond acceptors (Lipinski definition) is 5. The van der Waals surface area contributed by atoms with Crippen LogP contribution < -0.4 is 0 Å². The Morgan fingerprint density at radius 2 is 1.92 bits per heavy atom. The number of esters is 1. The molecule has 1 saturated heterocycles. The lowest BCUT2D eigenvalue weighted by Crippen LogP contribution is -2.40. The van der Waals surface area contributed by atoms with Crippen LogP contribution in [0.5, 0.6) is 0 Å². The van der Waals surface area contributed by atoms with E-state index in [1.165, 1.54) is 7.11 Å². The molecule has 1 aromatic carbocycles. The highest BCUT2D eigenvalue weighted by molar-refractivity contribution is 5.89. The maximum atomic E-state index is 12.7. The van der Waals surface area contributed by atoms with Gasteiger partial charge in [-0.2, -0.15) is 0 Å². The zero-order chi connectivity index (χ0) is 18.8. The molecule has 1 aliphatic rings. The zero-order valence-electron chi connectivity index (χ0n) is 15.9. The first-order valence-electron chi connectivity index (χ1n) is 9.39. The fourth-order valence-electron chi connectivity index (χ4n) is 3.08. The molecule has 1 fully saturated rings. The highest BCUT2D eigenvalue weighted by Crippen LogP contribution is 2.09. The zero-order valence-corrected chi connectivity index (χ0v) is 15.9. The van der Waals surface area contributed by atoms with E-state index >= 15 is 0 Å². The smallest absolute Gasteiger partial charge is 0.337 e. The van der Waals surface area contributed by atoms with Crippen LogP contribution in [-0.4, -0.2) is 74.7 Å². The SMILES string of the molecule is CCCN(CCN1CCCOCC1)C(=O)Cc1ccc(C(=O)OC)cc1. The van der Waals surface area contributed by atoms with Crippen molar-refractivity contribution < 1.29 is 19.1 Å². The number of carbonyl (C=O) groups is 2. The second kappa shape index (κ2) is 10.9. The number of ether oxygens (including phenoxy) is 2. The lowest BCUT2D eigenvalue weighted by molar-refractivity contribution is -0.130. The number of rotatable bonds is 8. The first-order valence-corrected chi connectivity index (χ1v) is 9.39. The van der Waals surface area contributed by atoms with Crippen molar-refractivity contribution in [2.24, 2.45) is 0 Å². The van der Waals surface area contributed by atoms with Gasteiger partial charge in [0.1, 0.15) is 0 Å². The summed E-state index contributed by atoms with van der Waals surface area (Å²) < 4.78 is 10.2. The molecule has 0 spiro atoms. The highest BCUT2D eigenvalue weighted by atomic mass is 16.5. The van der Waals surface area contributed by atoms with E-state index in [0.717, 1.165) is 64.3 Å². The molecule has 6 heteroatoms. The van der Waals surface area contributed by atoms with Gasteiger partial charge in [-0.15, -0.1) is 0 Å². The van der Waals surface area contributed by atoms with Crippen molar-refractivity contribution in [2.75, 3.05) is 53.0 Å². The summed E-state index contributed by atoms with van der Waals surface area (Å²) in [6.07, 6.45) is 2.34. The fourth-order valence-corrected chi connectivity index (χ4v) is 3.08. The van der Waals surface area contributed by atoms with E-state index in [9.17, 15) is 9.59 Å². The van der Waals surface area contributed by atoms with Gasteiger partial charge in [0.05, 0.1) is 25.7 Å². The van der Waals surface area contributed by atoms with Gasteiger partial charge in [-0.05, 0) is 30.5 Å². The largest absolute Gasteiger partial charge is 0.465 e. The van der Waals surface area contributed by atoms with Crippen LogP contribution in [0.4, 0.5) is 0 Å². The Morgan fingerprint density at radius 1 is 1.15 bits per heavy atom. The van der Waals surface area contributed by atoms with Gasteiger partial charge >= 0.3 is 5.97 Å². The minimum absolute atomic E-state index is 0.128. The second-order valence-electron chi connectivity index (χ2n) is 6.55. The summed E-state index contributed by atoms with van der Waals surface area (Å²) in [5.41, 5.74) is 1.41. The van der Waals surface area contributed by atoms with E-state index in [4.69, 9.17) is 9.47 Å². The van der Waals surface area contributed by atoms with Crippen LogP contribution in [-0.2, 0) is 20.7 Å². The third-order valence-corrected chi connectivity index (χ3v) is 4.58. The molecule has 1 amide bonds. The molecule has 0 saturated carbocycles. The molecule has 2 rings (SSSR count). The van der Waals surface area contributed by atoms with Crippen LogP contribution in [0.15, 0.2) is 24.3 Å². The van der Waals surface area contributed by atoms with Gasteiger partial charge in [-0.3, -0.25) is 9.69 Å². The molecule has 1 aliphatic heterocycles. The van der Waals surface area contributed by atoms with Crippen molar-refractivity contribution in [1.29, 1.82) is 0 Å². The molecule has 0 unspecified atom stereocenters. The van der Waals surface area contributed by atoms with Gasteiger partial charge in [0, 0.05) is 39.3 Å². The predicted octanol–water partition coefficient (Wildman–Crippen LogP) is 1.98. The van der Waals surface area contributed by atoms with Crippen LogP contribution in [0.3, 0.4) is 0 Å². The number of carbonyl (C=O) groups excluding carboxylic acids is 2. The first-order chi connectivity index (χ1) is 12.6. The monoisotopic (exact) mass is 362 g/mol. The molecule has 0 aliphatic carbocycles. The summed E-state index contributed by atoms with van der Waals surface area (Å²) in [7, 11) is 1.36. The lowest BCUT2D eigenvalue weighted by atomic mass is 10.1. The van der Waals surface area contributed by atoms with Crippen molar-refractivity contribution in [3.05, 3.63) is 35.4 Å². The first kappa shape index (κ1) is 20.4. The number of benzene rings is 1. The van der Waals surface area contributed by atoms with Crippen molar-refractivity contribution in [3.8, 4) is 0 Å². The molecule has 26 heavy (non-hydrogen) atoms. The third kappa shape index (κ3) is 6.42. The normalized spacial score (nSPS) is 15.3. The van der Waals surface area contributed by atoms with E-state index in [1.54, 1.807) is 12.1 Å². The lowest BCUT2D eigenvalue weighted by Gasteiger charge is -2.26. The fraction of sp³-hybridized carbons (Fsp3) is 0.600. The van der Waals surface area contributed by atoms with E-state index < -0.39 is 0 Å². The number of hydrogen-bond donors (Lipinski definition) is 0. The van der Waals surface area contributed by atoms with Crippen molar-refractivity contribution in [2.45, 2.75) is 26.2 Å². The molecule has 0 aromatic heterocycles. The van der Waals surface area contributed by atoms with Gasteiger partial charge in [-0.1, -0.05) is 19.1 Å². The highest BCUT2D eigenvalue weighted by Gasteiger charge is 2.16. The molecule has 0 bridgehead atoms. The minimum Gasteiger partial charge on any atom is -0.465 e. The van der Waals surface area contributed by atoms with Crippen LogP contribution in [0.25, 0.3) is 0 Å². The Hall–Kier alpha value is -1.92. The Bertz CT molecular complexity index is 566. The molecule has 0 atom stereocenters. The molecule has 1 aromatic rings. The van der Waals surface area contributed by atoms with E-state index in [-0.39, 0.29) is 11.9 Å². The van der Waals surface area contributed by atoms with Crippen molar-refractivity contribution >= 4 is 11.9 Å². The predicted molar refractivity (Wildman–Crippen MR) is 100 cm³/mol. The van der Waals surface area contributed by atoms with Crippen LogP contribution in [0.1, 0.15) is 35.7 Å². The van der Waals surface area contributed by atoms with Gasteiger partial charge in [0.25, 0.3) is 0 Å². The molecular formula is C20H30N2O4. The summed E-state index contributed by atoms with van der Waals surface area (Å²) in [5.74, 6) is -0.236. The third-order valence-electron chi connectivity index (χ3n) is 4.58. The average Bonchev–Trinajstić information content (AvgIpc) is 2.94. The molecule has 0 radical (unpaired) electrons. The van der Waals surface area contributed by atoms with Gasteiger partial charge in [0.2, 0.25) is 5.91 Å². The van der Waals surface area contributed by atoms with E-state index in [0.29, 0.717) is 12.0 Å². The summed E-state index contributed by atoms with van der Waals surface area (Å²) in [6, 6.07) is 7.05. The average molecular weight is 362 g/mol. The van der Waals surface area contributed by atoms with Gasteiger partial charge < -0.3 is 14.4 Å². The summed E-state index contributed by atoms with van der Waals surface area (Å²) in [6.45, 7) is 8.05. The van der Waals surface area contributed by atoms with Crippen LogP contribution in [0, 0.1) is 0 Å². The number of amides is 1. The minimum atomic E-state index is -0.364. The molecular weight excluding hydrogens is 332 g/mol. The number of methoxy groups -OCH3 is 1. The maximum absolute atomic E-state index is 12.7. The standard InChI is InChI=1S/C20H30N2O4/c1-3-9-22(12-11-21-10-4-14-26-15-13-21)19(23)16-17-5-7-18(8-6-17)20(24)25-2/h5-8H,3-4,9-16H2,1-2H3. The quantitative estimate of drug-likeness (QED) is 0.662. The molecule has 0 N–H and O–H groups in total. The van der Waals surface area contributed by atoms with Crippen LogP contribution >= 0.6 is 0 Å². The summed E-state index contributed by atoms with van der Waals surface area (Å²) >= 11 is 0. The molecule has 1 heterocycles. The topological polar surface area (TPSA) is 59.1 Å². The summed E-state index contributed by atoms with van der Waals surface area (Å²) in [4.78, 5) is 28.5. The van der Waals surface area contributed by atoms with Gasteiger partial charge in [0.15, 0.2) is 0 Å². The van der Waals surface area contributed by atoms with E-state index in [1.807, 2.05) is 17.0 Å². The Morgan fingerprint density at radius 3 is 2.62 bits per heavy atom.